The first-order chi connectivity index (χ1) is 14.4. The second-order valence-electron chi connectivity index (χ2n) is 7.40. The van der Waals surface area contributed by atoms with Crippen LogP contribution in [0.4, 0.5) is 5.13 Å². The van der Waals surface area contributed by atoms with Gasteiger partial charge in [0.15, 0.2) is 15.0 Å². The minimum atomic E-state index is -3.56. The van der Waals surface area contributed by atoms with Gasteiger partial charge in [-0.25, -0.2) is 26.1 Å². The third kappa shape index (κ3) is 4.95. The van der Waals surface area contributed by atoms with E-state index in [0.717, 1.165) is 4.31 Å². The van der Waals surface area contributed by atoms with Crippen molar-refractivity contribution in [3.8, 4) is 0 Å². The Morgan fingerprint density at radius 1 is 1.03 bits per heavy atom. The molecule has 1 heterocycles. The topological polar surface area (TPSA) is 114 Å². The van der Waals surface area contributed by atoms with Gasteiger partial charge in [-0.05, 0) is 49.7 Å². The number of sulfonamides is 1. The second-order valence-corrected chi connectivity index (χ2v) is 13.1. The molecule has 1 N–H and O–H groups in total. The van der Waals surface area contributed by atoms with Crippen LogP contribution in [0.5, 0.6) is 0 Å². The smallest absolute Gasteiger partial charge is 0.242 e. The van der Waals surface area contributed by atoms with Crippen molar-refractivity contribution in [1.29, 1.82) is 0 Å². The van der Waals surface area contributed by atoms with E-state index in [1.54, 1.807) is 32.0 Å². The summed E-state index contributed by atoms with van der Waals surface area (Å²) in [5.41, 5.74) is 1.25. The molecular formula is C20H23N3O5S3. The van der Waals surface area contributed by atoms with E-state index in [2.05, 4.69) is 10.3 Å². The molecule has 166 valence electrons. The summed E-state index contributed by atoms with van der Waals surface area (Å²) in [6, 6.07) is 10.9. The van der Waals surface area contributed by atoms with E-state index in [-0.39, 0.29) is 22.1 Å². The number of benzene rings is 2. The Balaban J connectivity index is 1.73. The number of aromatic nitrogens is 1. The van der Waals surface area contributed by atoms with E-state index in [0.29, 0.717) is 20.9 Å². The van der Waals surface area contributed by atoms with Gasteiger partial charge in [0.1, 0.15) is 0 Å². The van der Waals surface area contributed by atoms with Crippen molar-refractivity contribution in [3.63, 3.8) is 0 Å². The van der Waals surface area contributed by atoms with Crippen molar-refractivity contribution in [3.05, 3.63) is 48.0 Å². The summed E-state index contributed by atoms with van der Waals surface area (Å²) in [6.07, 6.45) is 0.0538. The minimum Gasteiger partial charge on any atom is -0.302 e. The number of fused-ring (bicyclic) bond motifs is 1. The summed E-state index contributed by atoms with van der Waals surface area (Å²) in [5, 5.41) is 2.55. The lowest BCUT2D eigenvalue weighted by atomic mass is 10.1. The van der Waals surface area contributed by atoms with Crippen molar-refractivity contribution >= 4 is 52.5 Å². The van der Waals surface area contributed by atoms with Gasteiger partial charge >= 0.3 is 0 Å². The van der Waals surface area contributed by atoms with Gasteiger partial charge in [-0.2, -0.15) is 0 Å². The Morgan fingerprint density at radius 2 is 1.65 bits per heavy atom. The molecule has 1 amide bonds. The number of amides is 1. The summed E-state index contributed by atoms with van der Waals surface area (Å²) in [6.45, 7) is 3.24. The van der Waals surface area contributed by atoms with Crippen LogP contribution < -0.4 is 5.32 Å². The van der Waals surface area contributed by atoms with Gasteiger partial charge in [-0.1, -0.05) is 23.5 Å². The molecular weight excluding hydrogens is 458 g/mol. The largest absolute Gasteiger partial charge is 0.302 e. The third-order valence-electron chi connectivity index (χ3n) is 4.62. The first kappa shape index (κ1) is 23.3. The molecule has 0 saturated heterocycles. The number of thiazole rings is 1. The molecule has 1 aromatic heterocycles. The molecule has 3 rings (SSSR count). The zero-order chi connectivity index (χ0) is 23.0. The van der Waals surface area contributed by atoms with Crippen LogP contribution in [0.1, 0.15) is 19.4 Å². The van der Waals surface area contributed by atoms with Crippen LogP contribution in [0.2, 0.25) is 0 Å². The lowest BCUT2D eigenvalue weighted by Gasteiger charge is -2.10. The van der Waals surface area contributed by atoms with Crippen molar-refractivity contribution in [2.24, 2.45) is 0 Å². The molecule has 0 aliphatic heterocycles. The molecule has 0 bridgehead atoms. The molecule has 0 unspecified atom stereocenters. The minimum absolute atomic E-state index is 0.0538. The molecule has 0 aliphatic rings. The maximum atomic E-state index is 12.4. The molecule has 3 aromatic rings. The molecule has 0 atom stereocenters. The molecule has 8 nitrogen and oxygen atoms in total. The molecule has 0 saturated carbocycles. The molecule has 31 heavy (non-hydrogen) atoms. The van der Waals surface area contributed by atoms with Gasteiger partial charge in [0.2, 0.25) is 15.9 Å². The van der Waals surface area contributed by atoms with Gasteiger partial charge in [-0.15, -0.1) is 0 Å². The van der Waals surface area contributed by atoms with Crippen LogP contribution in [0.3, 0.4) is 0 Å². The number of hydrogen-bond donors (Lipinski definition) is 1. The van der Waals surface area contributed by atoms with Gasteiger partial charge < -0.3 is 5.32 Å². The van der Waals surface area contributed by atoms with Gasteiger partial charge in [0.25, 0.3) is 0 Å². The predicted molar refractivity (Wildman–Crippen MR) is 122 cm³/mol. The van der Waals surface area contributed by atoms with Gasteiger partial charge in [-0.3, -0.25) is 4.79 Å². The standard InChI is InChI=1S/C20H23N3O5S3/c1-13(2)30(25,26)15-7-5-14(6-8-15)11-19(24)22-20-21-17-10-9-16(12-18(17)29-20)31(27,28)23(3)4/h5-10,12-13H,11H2,1-4H3,(H,21,22,24). The fraction of sp³-hybridized carbons (Fsp3) is 0.300. The zero-order valence-corrected chi connectivity index (χ0v) is 19.9. The fourth-order valence-electron chi connectivity index (χ4n) is 2.75. The van der Waals surface area contributed by atoms with E-state index in [1.165, 1.54) is 49.7 Å². The molecule has 2 aromatic carbocycles. The van der Waals surface area contributed by atoms with Crippen molar-refractivity contribution in [2.75, 3.05) is 19.4 Å². The highest BCUT2D eigenvalue weighted by atomic mass is 32.2. The van der Waals surface area contributed by atoms with Crippen molar-refractivity contribution < 1.29 is 21.6 Å². The van der Waals surface area contributed by atoms with Crippen molar-refractivity contribution in [2.45, 2.75) is 35.3 Å². The van der Waals surface area contributed by atoms with Crippen LogP contribution in [0, 0.1) is 0 Å². The van der Waals surface area contributed by atoms with Crippen LogP contribution in [0.25, 0.3) is 10.2 Å². The first-order valence-corrected chi connectivity index (χ1v) is 13.2. The Kier molecular flexibility index (Phi) is 6.51. The van der Waals surface area contributed by atoms with E-state index >= 15 is 0 Å². The number of carbonyl (C=O) groups excluding carboxylic acids is 1. The van der Waals surface area contributed by atoms with E-state index < -0.39 is 25.1 Å². The Hall–Kier alpha value is -2.34. The number of nitrogens with one attached hydrogen (secondary N) is 1. The predicted octanol–water partition coefficient (Wildman–Crippen LogP) is 2.91. The maximum absolute atomic E-state index is 12.4. The Morgan fingerprint density at radius 3 is 2.23 bits per heavy atom. The number of anilines is 1. The normalized spacial score (nSPS) is 12.6. The summed E-state index contributed by atoms with van der Waals surface area (Å²) in [4.78, 5) is 17.1. The van der Waals surface area contributed by atoms with E-state index in [4.69, 9.17) is 0 Å². The number of rotatable bonds is 7. The summed E-state index contributed by atoms with van der Waals surface area (Å²) in [5.74, 6) is -0.306. The van der Waals surface area contributed by atoms with Gasteiger partial charge in [0.05, 0.1) is 31.7 Å². The molecule has 11 heteroatoms. The second kappa shape index (κ2) is 8.65. The first-order valence-electron chi connectivity index (χ1n) is 9.37. The highest BCUT2D eigenvalue weighted by molar-refractivity contribution is 7.92. The SMILES string of the molecule is CC(C)S(=O)(=O)c1ccc(CC(=O)Nc2nc3ccc(S(=O)(=O)N(C)C)cc3s2)cc1. The number of nitrogens with zero attached hydrogens (tertiary/aromatic N) is 2. The number of carbonyl (C=O) groups is 1. The summed E-state index contributed by atoms with van der Waals surface area (Å²) < 4.78 is 50.7. The van der Waals surface area contributed by atoms with Crippen LogP contribution >= 0.6 is 11.3 Å². The monoisotopic (exact) mass is 481 g/mol. The molecule has 0 fully saturated rings. The van der Waals surface area contributed by atoms with E-state index in [1.807, 2.05) is 0 Å². The molecule has 0 radical (unpaired) electrons. The average Bonchev–Trinajstić information content (AvgIpc) is 3.09. The van der Waals surface area contributed by atoms with Crippen molar-refractivity contribution in [1.82, 2.24) is 9.29 Å². The lowest BCUT2D eigenvalue weighted by Crippen LogP contribution is -2.22. The summed E-state index contributed by atoms with van der Waals surface area (Å²) >= 11 is 1.18. The fourth-order valence-corrected chi connectivity index (χ4v) is 5.73. The van der Waals surface area contributed by atoms with E-state index in [9.17, 15) is 21.6 Å². The van der Waals surface area contributed by atoms with Crippen LogP contribution in [0.15, 0.2) is 52.3 Å². The number of hydrogen-bond acceptors (Lipinski definition) is 7. The quantitative estimate of drug-likeness (QED) is 0.555. The lowest BCUT2D eigenvalue weighted by molar-refractivity contribution is -0.115. The highest BCUT2D eigenvalue weighted by Crippen LogP contribution is 2.29. The van der Waals surface area contributed by atoms with Gasteiger partial charge in [0, 0.05) is 14.1 Å². The Bertz CT molecular complexity index is 1330. The summed E-state index contributed by atoms with van der Waals surface area (Å²) in [7, 11) is -4.00. The third-order valence-corrected chi connectivity index (χ3v) is 9.54. The van der Waals surface area contributed by atoms with Crippen LogP contribution in [-0.2, 0) is 31.1 Å². The Labute approximate surface area is 185 Å². The number of sulfone groups is 1. The highest BCUT2D eigenvalue weighted by Gasteiger charge is 2.20. The zero-order valence-electron chi connectivity index (χ0n) is 17.5. The van der Waals surface area contributed by atoms with Crippen LogP contribution in [-0.4, -0.2) is 51.4 Å². The maximum Gasteiger partial charge on any atom is 0.242 e. The average molecular weight is 482 g/mol. The molecule has 0 aliphatic carbocycles. The molecule has 0 spiro atoms.